The highest BCUT2D eigenvalue weighted by atomic mass is 32.2. The predicted octanol–water partition coefficient (Wildman–Crippen LogP) is 0.915. The fourth-order valence-electron chi connectivity index (χ4n) is 1.72. The van der Waals surface area contributed by atoms with Crippen molar-refractivity contribution < 1.29 is 12.8 Å². The third kappa shape index (κ3) is 3.89. The van der Waals surface area contributed by atoms with Gasteiger partial charge in [0.2, 0.25) is 5.09 Å². The number of furan rings is 1. The molecule has 0 saturated carbocycles. The highest BCUT2D eigenvalue weighted by molar-refractivity contribution is 7.89. The first-order valence-electron chi connectivity index (χ1n) is 6.24. The molecule has 2 aromatic rings. The first kappa shape index (κ1) is 14.7. The highest BCUT2D eigenvalue weighted by Gasteiger charge is 2.17. The van der Waals surface area contributed by atoms with Gasteiger partial charge in [-0.15, -0.1) is 0 Å². The normalized spacial score (nSPS) is 11.7. The molecule has 2 rings (SSSR count). The number of hydrogen-bond donors (Lipinski definition) is 2. The van der Waals surface area contributed by atoms with Crippen LogP contribution in [-0.4, -0.2) is 27.0 Å². The van der Waals surface area contributed by atoms with Gasteiger partial charge in [-0.05, 0) is 37.2 Å². The van der Waals surface area contributed by atoms with E-state index in [0.29, 0.717) is 25.3 Å². The summed E-state index contributed by atoms with van der Waals surface area (Å²) in [5.74, 6) is 0.583. The Balaban J connectivity index is 1.93. The molecule has 0 fully saturated rings. The van der Waals surface area contributed by atoms with Crippen LogP contribution in [0.4, 0.5) is 0 Å². The van der Waals surface area contributed by atoms with E-state index in [1.54, 1.807) is 25.5 Å². The minimum atomic E-state index is -3.59. The van der Waals surface area contributed by atoms with Gasteiger partial charge in [0.1, 0.15) is 5.76 Å². The fraction of sp³-hybridized carbons (Fsp3) is 0.308. The van der Waals surface area contributed by atoms with Crippen LogP contribution in [0.1, 0.15) is 11.3 Å². The summed E-state index contributed by atoms with van der Waals surface area (Å²) in [7, 11) is -1.83. The second kappa shape index (κ2) is 6.65. The lowest BCUT2D eigenvalue weighted by Crippen LogP contribution is -2.25. The lowest BCUT2D eigenvalue weighted by atomic mass is 10.2. The van der Waals surface area contributed by atoms with E-state index in [0.717, 1.165) is 5.56 Å². The number of nitrogens with zero attached hydrogens (tertiary/aromatic N) is 1. The van der Waals surface area contributed by atoms with Crippen LogP contribution in [0.2, 0.25) is 0 Å². The molecule has 0 aromatic carbocycles. The molecule has 0 atom stereocenters. The minimum absolute atomic E-state index is 0.0612. The van der Waals surface area contributed by atoms with Gasteiger partial charge >= 0.3 is 0 Å². The van der Waals surface area contributed by atoms with Crippen LogP contribution in [0.3, 0.4) is 0 Å². The molecular formula is C13H17N3O3S. The van der Waals surface area contributed by atoms with Gasteiger partial charge in [0, 0.05) is 18.9 Å². The van der Waals surface area contributed by atoms with Gasteiger partial charge in [0.25, 0.3) is 10.0 Å². The number of hydrogen-bond acceptors (Lipinski definition) is 5. The smallest absolute Gasteiger partial charge is 0.273 e. The largest absolute Gasteiger partial charge is 0.447 e. The average Bonchev–Trinajstić information content (AvgIpc) is 2.90. The molecule has 0 amide bonds. The van der Waals surface area contributed by atoms with Crippen molar-refractivity contribution in [1.29, 1.82) is 0 Å². The van der Waals surface area contributed by atoms with E-state index in [9.17, 15) is 8.42 Å². The lowest BCUT2D eigenvalue weighted by Gasteiger charge is -2.04. The molecule has 0 bridgehead atoms. The van der Waals surface area contributed by atoms with Crippen molar-refractivity contribution in [2.45, 2.75) is 18.1 Å². The van der Waals surface area contributed by atoms with Crippen molar-refractivity contribution >= 4 is 10.0 Å². The molecule has 0 spiro atoms. The maximum absolute atomic E-state index is 12.0. The summed E-state index contributed by atoms with van der Waals surface area (Å²) in [6.45, 7) is 0.793. The third-order valence-corrected chi connectivity index (χ3v) is 4.01. The lowest BCUT2D eigenvalue weighted by molar-refractivity contribution is 0.404. The molecule has 20 heavy (non-hydrogen) atoms. The number of rotatable bonds is 7. The molecule has 2 N–H and O–H groups in total. The minimum Gasteiger partial charge on any atom is -0.447 e. The van der Waals surface area contributed by atoms with Crippen LogP contribution >= 0.6 is 0 Å². The van der Waals surface area contributed by atoms with Crippen molar-refractivity contribution in [3.05, 3.63) is 48.0 Å². The van der Waals surface area contributed by atoms with E-state index in [-0.39, 0.29) is 5.09 Å². The Morgan fingerprint density at radius 3 is 2.85 bits per heavy atom. The van der Waals surface area contributed by atoms with Crippen LogP contribution in [0.15, 0.2) is 46.2 Å². The Kier molecular flexibility index (Phi) is 4.89. The summed E-state index contributed by atoms with van der Waals surface area (Å²) >= 11 is 0. The summed E-state index contributed by atoms with van der Waals surface area (Å²) in [5.41, 5.74) is 0.977. The zero-order valence-electron chi connectivity index (χ0n) is 11.2. The van der Waals surface area contributed by atoms with Gasteiger partial charge in [0.05, 0.1) is 6.54 Å². The second-order valence-corrected chi connectivity index (χ2v) is 5.96. The molecule has 108 valence electrons. The average molecular weight is 295 g/mol. The van der Waals surface area contributed by atoms with E-state index >= 15 is 0 Å². The quantitative estimate of drug-likeness (QED) is 0.793. The zero-order chi connectivity index (χ0) is 14.4. The Hall–Kier alpha value is -1.70. The van der Waals surface area contributed by atoms with Gasteiger partial charge in [0.15, 0.2) is 0 Å². The first-order valence-corrected chi connectivity index (χ1v) is 7.72. The maximum atomic E-state index is 12.0. The van der Waals surface area contributed by atoms with E-state index in [4.69, 9.17) is 4.42 Å². The molecule has 2 heterocycles. The molecule has 0 aliphatic heterocycles. The third-order valence-electron chi connectivity index (χ3n) is 2.68. The molecule has 7 heteroatoms. The summed E-state index contributed by atoms with van der Waals surface area (Å²) in [4.78, 5) is 3.98. The van der Waals surface area contributed by atoms with E-state index < -0.39 is 10.0 Å². The van der Waals surface area contributed by atoms with Crippen molar-refractivity contribution in [2.24, 2.45) is 0 Å². The van der Waals surface area contributed by atoms with E-state index in [1.165, 1.54) is 6.07 Å². The number of sulfonamides is 1. The van der Waals surface area contributed by atoms with Crippen LogP contribution < -0.4 is 10.0 Å². The molecule has 0 aliphatic carbocycles. The fourth-order valence-corrected chi connectivity index (χ4v) is 2.70. The van der Waals surface area contributed by atoms with Crippen LogP contribution in [-0.2, 0) is 23.0 Å². The molecule has 0 aliphatic rings. The van der Waals surface area contributed by atoms with E-state index in [1.807, 2.05) is 12.1 Å². The van der Waals surface area contributed by atoms with Crippen molar-refractivity contribution in [2.75, 3.05) is 13.6 Å². The topological polar surface area (TPSA) is 84.2 Å². The highest BCUT2D eigenvalue weighted by Crippen LogP contribution is 2.13. The molecule has 0 radical (unpaired) electrons. The number of pyridine rings is 1. The Morgan fingerprint density at radius 2 is 2.15 bits per heavy atom. The first-order chi connectivity index (χ1) is 9.62. The van der Waals surface area contributed by atoms with Crippen molar-refractivity contribution in [1.82, 2.24) is 15.0 Å². The Bertz CT molecular complexity index is 638. The summed E-state index contributed by atoms with van der Waals surface area (Å²) in [6, 6.07) is 6.82. The molecule has 0 saturated heterocycles. The SMILES string of the molecule is CNCc1ccc(S(=O)(=O)NCCc2cccnc2)o1. The van der Waals surface area contributed by atoms with Crippen molar-refractivity contribution in [3.63, 3.8) is 0 Å². The monoisotopic (exact) mass is 295 g/mol. The van der Waals surface area contributed by atoms with Gasteiger partial charge in [-0.3, -0.25) is 4.98 Å². The van der Waals surface area contributed by atoms with Gasteiger partial charge in [-0.1, -0.05) is 6.07 Å². The van der Waals surface area contributed by atoms with Gasteiger partial charge < -0.3 is 9.73 Å². The standard InChI is InChI=1S/C13H17N3O3S/c1-14-10-12-4-5-13(19-12)20(17,18)16-8-6-11-3-2-7-15-9-11/h2-5,7,9,14,16H,6,8,10H2,1H3. The van der Waals surface area contributed by atoms with Gasteiger partial charge in [-0.2, -0.15) is 0 Å². The zero-order valence-corrected chi connectivity index (χ0v) is 12.0. The number of nitrogens with one attached hydrogen (secondary N) is 2. The van der Waals surface area contributed by atoms with Gasteiger partial charge in [-0.25, -0.2) is 13.1 Å². The predicted molar refractivity (Wildman–Crippen MR) is 74.6 cm³/mol. The summed E-state index contributed by atoms with van der Waals surface area (Å²) in [6.07, 6.45) is 3.98. The Labute approximate surface area is 118 Å². The second-order valence-electron chi connectivity index (χ2n) is 4.26. The van der Waals surface area contributed by atoms with Crippen molar-refractivity contribution in [3.8, 4) is 0 Å². The van der Waals surface area contributed by atoms with Crippen LogP contribution in [0, 0.1) is 0 Å². The molecule has 6 nitrogen and oxygen atoms in total. The van der Waals surface area contributed by atoms with Crippen LogP contribution in [0.25, 0.3) is 0 Å². The molecule has 2 aromatic heterocycles. The Morgan fingerprint density at radius 1 is 1.30 bits per heavy atom. The summed E-state index contributed by atoms with van der Waals surface area (Å²) < 4.78 is 31.8. The maximum Gasteiger partial charge on any atom is 0.273 e. The molecular weight excluding hydrogens is 278 g/mol. The number of aromatic nitrogens is 1. The van der Waals surface area contributed by atoms with E-state index in [2.05, 4.69) is 15.0 Å². The molecule has 0 unspecified atom stereocenters. The van der Waals surface area contributed by atoms with Crippen LogP contribution in [0.5, 0.6) is 0 Å². The summed E-state index contributed by atoms with van der Waals surface area (Å²) in [5, 5.41) is 2.84.